The molecule has 4 nitrogen and oxygen atoms in total. The van der Waals surface area contributed by atoms with Crippen LogP contribution in [-0.2, 0) is 23.1 Å². The number of rotatable bonds is 8. The maximum atomic E-state index is 12.4. The van der Waals surface area contributed by atoms with E-state index in [2.05, 4.69) is 23.5 Å². The molecule has 24 heavy (non-hydrogen) atoms. The molecular formula is C18H23ClN2O2S. The van der Waals surface area contributed by atoms with E-state index in [-0.39, 0.29) is 11.4 Å². The van der Waals surface area contributed by atoms with Gasteiger partial charge in [-0.1, -0.05) is 49.7 Å². The van der Waals surface area contributed by atoms with Crippen molar-refractivity contribution in [1.82, 2.24) is 9.62 Å². The van der Waals surface area contributed by atoms with Crippen molar-refractivity contribution in [2.75, 3.05) is 13.1 Å². The van der Waals surface area contributed by atoms with Crippen LogP contribution >= 0.6 is 11.6 Å². The Bertz CT molecular complexity index is 757. The number of sulfonamides is 1. The van der Waals surface area contributed by atoms with E-state index >= 15 is 0 Å². The van der Waals surface area contributed by atoms with Crippen LogP contribution in [0.4, 0.5) is 0 Å². The van der Waals surface area contributed by atoms with Crippen molar-refractivity contribution < 1.29 is 8.42 Å². The average Bonchev–Trinajstić information content (AvgIpc) is 2.59. The normalized spacial score (nSPS) is 11.8. The van der Waals surface area contributed by atoms with E-state index in [1.807, 2.05) is 24.3 Å². The minimum Gasteiger partial charge on any atom is -0.300 e. The molecule has 6 heteroatoms. The maximum Gasteiger partial charge on any atom is 0.240 e. The van der Waals surface area contributed by atoms with Gasteiger partial charge in [-0.2, -0.15) is 0 Å². The van der Waals surface area contributed by atoms with E-state index in [0.29, 0.717) is 5.02 Å². The lowest BCUT2D eigenvalue weighted by Crippen LogP contribution is -2.26. The largest absolute Gasteiger partial charge is 0.300 e. The smallest absolute Gasteiger partial charge is 0.240 e. The van der Waals surface area contributed by atoms with Gasteiger partial charge < -0.3 is 0 Å². The van der Waals surface area contributed by atoms with E-state index in [1.165, 1.54) is 12.1 Å². The summed E-state index contributed by atoms with van der Waals surface area (Å²) in [7, 11) is -3.55. The summed E-state index contributed by atoms with van der Waals surface area (Å²) in [5.74, 6) is 0. The third kappa shape index (κ3) is 5.05. The first-order valence-electron chi connectivity index (χ1n) is 8.00. The summed E-state index contributed by atoms with van der Waals surface area (Å²) in [5.41, 5.74) is 2.13. The Morgan fingerprint density at radius 2 is 1.54 bits per heavy atom. The standard InChI is InChI=1S/C18H23ClN2O2S/c1-3-21(4-2)14-16-8-6-5-7-15(16)13-20-24(22,23)18-11-9-17(19)10-12-18/h5-12,20H,3-4,13-14H2,1-2H3. The Balaban J connectivity index is 2.12. The van der Waals surface area contributed by atoms with Gasteiger partial charge in [-0.25, -0.2) is 13.1 Å². The van der Waals surface area contributed by atoms with Gasteiger partial charge in [-0.15, -0.1) is 0 Å². The lowest BCUT2D eigenvalue weighted by Gasteiger charge is -2.20. The second kappa shape index (κ2) is 8.62. The van der Waals surface area contributed by atoms with Crippen molar-refractivity contribution in [3.8, 4) is 0 Å². The van der Waals surface area contributed by atoms with E-state index in [1.54, 1.807) is 12.1 Å². The summed E-state index contributed by atoms with van der Waals surface area (Å²) in [6, 6.07) is 14.1. The summed E-state index contributed by atoms with van der Waals surface area (Å²) in [5, 5.41) is 0.513. The van der Waals surface area contributed by atoms with E-state index in [4.69, 9.17) is 11.6 Å². The van der Waals surface area contributed by atoms with Gasteiger partial charge in [0.05, 0.1) is 4.90 Å². The second-order valence-corrected chi connectivity index (χ2v) is 7.71. The van der Waals surface area contributed by atoms with Crippen LogP contribution in [0.2, 0.25) is 5.02 Å². The molecule has 0 saturated heterocycles. The number of benzene rings is 2. The summed E-state index contributed by atoms with van der Waals surface area (Å²) in [6.07, 6.45) is 0. The highest BCUT2D eigenvalue weighted by molar-refractivity contribution is 7.89. The predicted octanol–water partition coefficient (Wildman–Crippen LogP) is 3.66. The number of nitrogens with zero attached hydrogens (tertiary/aromatic N) is 1. The molecule has 2 aromatic carbocycles. The second-order valence-electron chi connectivity index (χ2n) is 5.51. The molecule has 130 valence electrons. The fraction of sp³-hybridized carbons (Fsp3) is 0.333. The highest BCUT2D eigenvalue weighted by Gasteiger charge is 2.14. The van der Waals surface area contributed by atoms with E-state index in [0.717, 1.165) is 30.8 Å². The summed E-state index contributed by atoms with van der Waals surface area (Å²) in [4.78, 5) is 2.51. The lowest BCUT2D eigenvalue weighted by molar-refractivity contribution is 0.295. The molecule has 0 aliphatic heterocycles. The van der Waals surface area contributed by atoms with Crippen LogP contribution in [0.3, 0.4) is 0 Å². The van der Waals surface area contributed by atoms with Crippen molar-refractivity contribution in [3.63, 3.8) is 0 Å². The molecule has 0 aliphatic carbocycles. The van der Waals surface area contributed by atoms with Crippen molar-refractivity contribution in [1.29, 1.82) is 0 Å². The predicted molar refractivity (Wildman–Crippen MR) is 98.5 cm³/mol. The summed E-state index contributed by atoms with van der Waals surface area (Å²) >= 11 is 5.81. The quantitative estimate of drug-likeness (QED) is 0.775. The van der Waals surface area contributed by atoms with Gasteiger partial charge >= 0.3 is 0 Å². The molecule has 0 heterocycles. The fourth-order valence-corrected chi connectivity index (χ4v) is 3.57. The zero-order valence-electron chi connectivity index (χ0n) is 14.0. The number of halogens is 1. The lowest BCUT2D eigenvalue weighted by atomic mass is 10.1. The minimum absolute atomic E-state index is 0.216. The molecule has 0 atom stereocenters. The van der Waals surface area contributed by atoms with Gasteiger partial charge in [0.25, 0.3) is 0 Å². The van der Waals surface area contributed by atoms with Gasteiger partial charge in [0.15, 0.2) is 0 Å². The van der Waals surface area contributed by atoms with Gasteiger partial charge in [0, 0.05) is 18.1 Å². The van der Waals surface area contributed by atoms with E-state index in [9.17, 15) is 8.42 Å². The van der Waals surface area contributed by atoms with Gasteiger partial charge in [0.2, 0.25) is 10.0 Å². The Kier molecular flexibility index (Phi) is 6.80. The molecule has 0 spiro atoms. The van der Waals surface area contributed by atoms with Crippen LogP contribution < -0.4 is 4.72 Å². The molecule has 2 aromatic rings. The third-order valence-electron chi connectivity index (χ3n) is 3.98. The maximum absolute atomic E-state index is 12.4. The SMILES string of the molecule is CCN(CC)Cc1ccccc1CNS(=O)(=O)c1ccc(Cl)cc1. The molecule has 0 aliphatic rings. The third-order valence-corrected chi connectivity index (χ3v) is 5.65. The average molecular weight is 367 g/mol. The monoisotopic (exact) mass is 366 g/mol. The number of hydrogen-bond acceptors (Lipinski definition) is 3. The van der Waals surface area contributed by atoms with Gasteiger partial charge in [-0.3, -0.25) is 4.90 Å². The number of nitrogens with one attached hydrogen (secondary N) is 1. The Labute approximate surface area is 149 Å². The van der Waals surface area contributed by atoms with Crippen molar-refractivity contribution in [2.45, 2.75) is 31.8 Å². The van der Waals surface area contributed by atoms with E-state index < -0.39 is 10.0 Å². The summed E-state index contributed by atoms with van der Waals surface area (Å²) in [6.45, 7) is 7.24. The first-order valence-corrected chi connectivity index (χ1v) is 9.86. The molecule has 1 N–H and O–H groups in total. The summed E-state index contributed by atoms with van der Waals surface area (Å²) < 4.78 is 27.5. The van der Waals surface area contributed by atoms with Crippen LogP contribution in [0, 0.1) is 0 Å². The molecule has 0 radical (unpaired) electrons. The Morgan fingerprint density at radius 3 is 2.12 bits per heavy atom. The first kappa shape index (κ1) is 18.9. The van der Waals surface area contributed by atoms with Gasteiger partial charge in [0.1, 0.15) is 0 Å². The molecule has 0 bridgehead atoms. The molecular weight excluding hydrogens is 344 g/mol. The Hall–Kier alpha value is -1.40. The van der Waals surface area contributed by atoms with Crippen molar-refractivity contribution >= 4 is 21.6 Å². The zero-order chi connectivity index (χ0) is 17.6. The topological polar surface area (TPSA) is 49.4 Å². The van der Waals surface area contributed by atoms with Crippen LogP contribution in [0.5, 0.6) is 0 Å². The highest BCUT2D eigenvalue weighted by atomic mass is 35.5. The molecule has 0 aromatic heterocycles. The molecule has 0 saturated carbocycles. The molecule has 0 unspecified atom stereocenters. The zero-order valence-corrected chi connectivity index (χ0v) is 15.6. The van der Waals surface area contributed by atoms with Crippen molar-refractivity contribution in [3.05, 3.63) is 64.7 Å². The molecule has 2 rings (SSSR count). The molecule has 0 fully saturated rings. The number of hydrogen-bond donors (Lipinski definition) is 1. The van der Waals surface area contributed by atoms with Crippen LogP contribution in [0.1, 0.15) is 25.0 Å². The van der Waals surface area contributed by atoms with Crippen LogP contribution in [0.25, 0.3) is 0 Å². The first-order chi connectivity index (χ1) is 11.5. The van der Waals surface area contributed by atoms with Gasteiger partial charge in [-0.05, 0) is 48.5 Å². The van der Waals surface area contributed by atoms with Crippen LogP contribution in [0.15, 0.2) is 53.4 Å². The Morgan fingerprint density at radius 1 is 0.958 bits per heavy atom. The minimum atomic E-state index is -3.55. The van der Waals surface area contributed by atoms with Crippen LogP contribution in [-0.4, -0.2) is 26.4 Å². The highest BCUT2D eigenvalue weighted by Crippen LogP contribution is 2.16. The van der Waals surface area contributed by atoms with Crippen molar-refractivity contribution in [2.24, 2.45) is 0 Å². The molecule has 0 amide bonds. The fourth-order valence-electron chi connectivity index (χ4n) is 2.44.